The van der Waals surface area contributed by atoms with Gasteiger partial charge in [0, 0.05) is 51.4 Å². The summed E-state index contributed by atoms with van der Waals surface area (Å²) in [4.78, 5) is 50.2. The van der Waals surface area contributed by atoms with Crippen LogP contribution in [0.15, 0.2) is 196 Å². The summed E-state index contributed by atoms with van der Waals surface area (Å²) in [6.07, 6.45) is 31.7. The number of carbonyl (C=O) groups excluding carboxylic acids is 4. The summed E-state index contributed by atoms with van der Waals surface area (Å²) in [5.74, 6) is 2.72. The van der Waals surface area contributed by atoms with Gasteiger partial charge in [-0.2, -0.15) is 0 Å². The molecule has 3 aliphatic carbocycles. The van der Waals surface area contributed by atoms with E-state index >= 15 is 0 Å². The van der Waals surface area contributed by atoms with Gasteiger partial charge in [-0.05, 0) is 198 Å². The van der Waals surface area contributed by atoms with Crippen LogP contribution in [-0.4, -0.2) is 23.9 Å². The second-order valence-corrected chi connectivity index (χ2v) is 26.2. The van der Waals surface area contributed by atoms with Crippen LogP contribution in [0.1, 0.15) is 196 Å². The van der Waals surface area contributed by atoms with Crippen molar-refractivity contribution in [3.05, 3.63) is 218 Å². The monoisotopic (exact) mass is 1250 g/mol. The van der Waals surface area contributed by atoms with Crippen LogP contribution in [0.3, 0.4) is 0 Å². The number of rotatable bonds is 24. The van der Waals surface area contributed by atoms with E-state index in [0.717, 1.165) is 113 Å². The lowest BCUT2D eigenvalue weighted by Crippen LogP contribution is -2.16. The van der Waals surface area contributed by atoms with Gasteiger partial charge in [0.15, 0.2) is 0 Å². The van der Waals surface area contributed by atoms with E-state index in [-0.39, 0.29) is 5.92 Å². The van der Waals surface area contributed by atoms with Gasteiger partial charge in [0.05, 0.1) is 0 Å². The fourth-order valence-corrected chi connectivity index (χ4v) is 14.7. The van der Waals surface area contributed by atoms with Crippen molar-refractivity contribution in [1.29, 1.82) is 0 Å². The third-order valence-electron chi connectivity index (χ3n) is 20.0. The van der Waals surface area contributed by atoms with Crippen LogP contribution in [0, 0.1) is 11.8 Å². The Bertz CT molecular complexity index is 3940. The molecule has 0 spiro atoms. The Hall–Kier alpha value is -8.88. The zero-order valence-corrected chi connectivity index (χ0v) is 55.7. The van der Waals surface area contributed by atoms with Gasteiger partial charge in [-0.3, -0.25) is 0 Å². The molecule has 8 aromatic rings. The molecule has 3 aliphatic rings. The smallest absolute Gasteiger partial charge is 0.335 e. The van der Waals surface area contributed by atoms with Gasteiger partial charge < -0.3 is 18.9 Å². The van der Waals surface area contributed by atoms with E-state index in [4.69, 9.17) is 18.9 Å². The highest BCUT2D eigenvalue weighted by Crippen LogP contribution is 2.49. The average Bonchev–Trinajstić information content (AvgIpc) is 0.759. The van der Waals surface area contributed by atoms with Crippen LogP contribution in [0.5, 0.6) is 23.0 Å². The fraction of sp³-hybridized carbons (Fsp3) is 0.349. The fourth-order valence-electron chi connectivity index (χ4n) is 14.7. The highest BCUT2D eigenvalue weighted by atomic mass is 16.5. The molecule has 0 unspecified atom stereocenters. The van der Waals surface area contributed by atoms with Crippen molar-refractivity contribution in [2.75, 3.05) is 0 Å². The van der Waals surface area contributed by atoms with Gasteiger partial charge >= 0.3 is 23.9 Å². The molecule has 11 rings (SSSR count). The Kier molecular flexibility index (Phi) is 24.1. The van der Waals surface area contributed by atoms with Crippen molar-refractivity contribution in [3.8, 4) is 67.5 Å². The molecule has 0 heterocycles. The maximum atomic E-state index is 12.7. The van der Waals surface area contributed by atoms with E-state index in [1.165, 1.54) is 136 Å². The Balaban J connectivity index is 0.000000210. The number of fused-ring (bicyclic) bond motifs is 2. The highest BCUT2D eigenvalue weighted by Gasteiger charge is 2.29. The molecule has 486 valence electrons. The summed E-state index contributed by atoms with van der Waals surface area (Å²) < 4.78 is 23.4. The number of aryl methyl sites for hydroxylation is 1. The van der Waals surface area contributed by atoms with Crippen molar-refractivity contribution in [2.24, 2.45) is 11.8 Å². The van der Waals surface area contributed by atoms with Crippen LogP contribution in [0.2, 0.25) is 0 Å². The molecule has 8 heteroatoms. The normalized spacial score (nSPS) is 17.2. The minimum absolute atomic E-state index is 0.197. The lowest BCUT2D eigenvalue weighted by atomic mass is 9.76. The summed E-state index contributed by atoms with van der Waals surface area (Å²) in [6, 6.07) is 50.5. The first-order valence-corrected chi connectivity index (χ1v) is 34.9. The zero-order valence-electron chi connectivity index (χ0n) is 55.7. The molecule has 94 heavy (non-hydrogen) atoms. The Morgan fingerprint density at radius 3 is 1.27 bits per heavy atom. The minimum atomic E-state index is -0.560. The average molecular weight is 1260 g/mol. The Morgan fingerprint density at radius 1 is 0.383 bits per heavy atom. The first-order chi connectivity index (χ1) is 45.9. The van der Waals surface area contributed by atoms with E-state index in [1.54, 1.807) is 12.1 Å². The second kappa shape index (κ2) is 33.3. The molecule has 0 radical (unpaired) electrons. The van der Waals surface area contributed by atoms with Crippen LogP contribution in [-0.2, 0) is 25.6 Å². The van der Waals surface area contributed by atoms with Gasteiger partial charge in [0.25, 0.3) is 0 Å². The molecule has 0 aromatic heterocycles. The van der Waals surface area contributed by atoms with Crippen LogP contribution < -0.4 is 18.9 Å². The predicted molar refractivity (Wildman–Crippen MR) is 386 cm³/mol. The quantitative estimate of drug-likeness (QED) is 0.0335. The molecule has 0 N–H and O–H groups in total. The molecular formula is C86H94O8. The summed E-state index contributed by atoms with van der Waals surface area (Å²) in [5, 5.41) is 2.83. The minimum Gasteiger partial charge on any atom is -0.423 e. The van der Waals surface area contributed by atoms with Crippen molar-refractivity contribution in [1.82, 2.24) is 0 Å². The van der Waals surface area contributed by atoms with E-state index in [9.17, 15) is 19.2 Å². The van der Waals surface area contributed by atoms with Gasteiger partial charge in [-0.15, -0.1) is 0 Å². The molecular weight excluding hydrogens is 1160 g/mol. The molecule has 0 aliphatic heterocycles. The number of ether oxygens (including phenoxy) is 4. The Morgan fingerprint density at radius 2 is 0.787 bits per heavy atom. The number of hydrogen-bond donors (Lipinski definition) is 0. The van der Waals surface area contributed by atoms with Crippen molar-refractivity contribution < 1.29 is 38.1 Å². The zero-order chi connectivity index (χ0) is 65.9. The van der Waals surface area contributed by atoms with Gasteiger partial charge in [-0.1, -0.05) is 227 Å². The maximum Gasteiger partial charge on any atom is 0.335 e. The summed E-state index contributed by atoms with van der Waals surface area (Å²) in [7, 11) is 0. The molecule has 8 nitrogen and oxygen atoms in total. The van der Waals surface area contributed by atoms with E-state index in [1.807, 2.05) is 18.2 Å². The van der Waals surface area contributed by atoms with Gasteiger partial charge in [0.1, 0.15) is 23.0 Å². The first kappa shape index (κ1) is 68.0. The van der Waals surface area contributed by atoms with Crippen molar-refractivity contribution in [3.63, 3.8) is 0 Å². The predicted octanol–water partition coefficient (Wildman–Crippen LogP) is 23.0. The number of carbonyl (C=O) groups is 4. The standard InChI is InChI=1S/C48H56O4.C38H38O4/c1-5-9-11-33-13-17-35(18-14-33)36-21-23-37(24-22-36)38-25-27-39(28-26-38)41-29-30-42-44(31-41)45(51-46(49)7-3)32-43(48(42)52-47(50)8-4)40-19-15-34(16-20-40)12-10-6-2;1-4-7-11-26-14-16-29(17-15-26)31-22-23-32(30-20-18-28(19-21-30)27-12-9-8-10-13-27)38-34(42-36(40)6-3)25-24-33(37(31)38)41-35(39)5-2/h7-8,21-35,40H,3-6,9-20H2,1-2H3;5-6,14-25,27H,2-4,7-13H2,1H3. The SMILES string of the molecule is C=CC(=O)Oc1cc(C2CCC(CCCC)CC2)c(OC(=O)C=C)c2ccc(-c3ccc(-c4ccc(C5CCC(CCCC)CC5)cc4)cc3)cc12.C=CC(=O)Oc1ccc(OC(=O)C=C)c2c(-c3ccc(C4CCCCC4)cc3)ccc(-c3ccc(CCCC)cc3)c12. The molecule has 3 saturated carbocycles. The van der Waals surface area contributed by atoms with Crippen molar-refractivity contribution >= 4 is 45.4 Å². The molecule has 0 amide bonds. The molecule has 0 bridgehead atoms. The van der Waals surface area contributed by atoms with E-state index in [0.29, 0.717) is 51.0 Å². The Labute approximate surface area is 558 Å². The maximum absolute atomic E-state index is 12.7. The largest absolute Gasteiger partial charge is 0.423 e. The highest BCUT2D eigenvalue weighted by molar-refractivity contribution is 6.12. The summed E-state index contributed by atoms with van der Waals surface area (Å²) >= 11 is 0. The van der Waals surface area contributed by atoms with Crippen LogP contribution >= 0.6 is 0 Å². The number of unbranched alkanes of at least 4 members (excludes halogenated alkanes) is 3. The number of benzene rings is 8. The van der Waals surface area contributed by atoms with Gasteiger partial charge in [-0.25, -0.2) is 19.2 Å². The summed E-state index contributed by atoms with van der Waals surface area (Å²) in [6.45, 7) is 21.2. The van der Waals surface area contributed by atoms with Gasteiger partial charge in [0.2, 0.25) is 0 Å². The topological polar surface area (TPSA) is 105 Å². The molecule has 3 fully saturated rings. The third kappa shape index (κ3) is 16.9. The van der Waals surface area contributed by atoms with E-state index in [2.05, 4.69) is 162 Å². The second-order valence-electron chi connectivity index (χ2n) is 26.2. The van der Waals surface area contributed by atoms with Crippen LogP contribution in [0.25, 0.3) is 66.1 Å². The number of esters is 4. The number of hydrogen-bond acceptors (Lipinski definition) is 8. The van der Waals surface area contributed by atoms with Crippen LogP contribution in [0.4, 0.5) is 0 Å². The lowest BCUT2D eigenvalue weighted by molar-refractivity contribution is -0.130. The first-order valence-electron chi connectivity index (χ1n) is 34.9. The van der Waals surface area contributed by atoms with Crippen molar-refractivity contribution in [2.45, 2.75) is 180 Å². The van der Waals surface area contributed by atoms with E-state index < -0.39 is 23.9 Å². The summed E-state index contributed by atoms with van der Waals surface area (Å²) in [5.41, 5.74) is 13.1. The molecule has 0 atom stereocenters. The molecule has 8 aromatic carbocycles. The lowest BCUT2D eigenvalue weighted by Gasteiger charge is -2.30. The molecule has 0 saturated heterocycles. The third-order valence-corrected chi connectivity index (χ3v) is 20.0.